The number of benzene rings is 2. The highest BCUT2D eigenvalue weighted by Crippen LogP contribution is 2.37. The van der Waals surface area contributed by atoms with Crippen molar-refractivity contribution in [2.75, 3.05) is 5.32 Å². The van der Waals surface area contributed by atoms with Crippen LogP contribution in [-0.2, 0) is 10.2 Å². The molecule has 8 nitrogen and oxygen atoms in total. The smallest absolute Gasteiger partial charge is 0.279 e. The van der Waals surface area contributed by atoms with Crippen LogP contribution in [-0.4, -0.2) is 33.2 Å². The summed E-state index contributed by atoms with van der Waals surface area (Å²) in [5.41, 5.74) is 2.13. The predicted octanol–water partition coefficient (Wildman–Crippen LogP) is 5.29. The van der Waals surface area contributed by atoms with Crippen molar-refractivity contribution in [3.63, 3.8) is 0 Å². The first-order valence-electron chi connectivity index (χ1n) is 12.2. The summed E-state index contributed by atoms with van der Waals surface area (Å²) in [6.45, 7) is 12.7. The second kappa shape index (κ2) is 10.8. The zero-order valence-corrected chi connectivity index (χ0v) is 21.7. The topological polar surface area (TPSA) is 113 Å². The quantitative estimate of drug-likeness (QED) is 0.332. The third kappa shape index (κ3) is 5.53. The number of carbonyl (C=O) groups is 2. The lowest BCUT2D eigenvalue weighted by atomic mass is 9.80. The summed E-state index contributed by atoms with van der Waals surface area (Å²) < 4.78 is 7.37. The Labute approximate surface area is 211 Å². The lowest BCUT2D eigenvalue weighted by Gasteiger charge is -2.29. The van der Waals surface area contributed by atoms with Gasteiger partial charge in [0.05, 0.1) is 5.69 Å². The summed E-state index contributed by atoms with van der Waals surface area (Å²) >= 11 is 0. The van der Waals surface area contributed by atoms with Crippen LogP contribution in [0.4, 0.5) is 5.69 Å². The molecule has 1 heterocycles. The predicted molar refractivity (Wildman–Crippen MR) is 141 cm³/mol. The summed E-state index contributed by atoms with van der Waals surface area (Å²) in [5.74, 6) is 0.344. The van der Waals surface area contributed by atoms with Gasteiger partial charge in [0, 0.05) is 11.3 Å². The van der Waals surface area contributed by atoms with Crippen molar-refractivity contribution in [1.29, 1.82) is 0 Å². The van der Waals surface area contributed by atoms with Gasteiger partial charge in [-0.2, -0.15) is 0 Å². The van der Waals surface area contributed by atoms with E-state index < -0.39 is 17.5 Å². The number of aromatic hydroxyl groups is 1. The molecule has 1 aromatic heterocycles. The van der Waals surface area contributed by atoms with Crippen LogP contribution in [0, 0.1) is 0 Å². The number of nitrogens with one attached hydrogen (secondary N) is 2. The highest BCUT2D eigenvalue weighted by Gasteiger charge is 2.27. The molecule has 3 rings (SSSR count). The van der Waals surface area contributed by atoms with Crippen LogP contribution in [0.3, 0.4) is 0 Å². The minimum atomic E-state index is -0.694. The largest absolute Gasteiger partial charge is 0.493 e. The van der Waals surface area contributed by atoms with Crippen molar-refractivity contribution in [3.05, 3.63) is 69.5 Å². The van der Waals surface area contributed by atoms with E-state index in [0.717, 1.165) is 16.7 Å². The van der Waals surface area contributed by atoms with Crippen molar-refractivity contribution in [3.8, 4) is 17.3 Å². The van der Waals surface area contributed by atoms with Crippen LogP contribution in [0.2, 0.25) is 0 Å². The Kier molecular flexibility index (Phi) is 8.07. The highest BCUT2D eigenvalue weighted by atomic mass is 16.5. The number of aromatic nitrogens is 2. The molecule has 1 amide bonds. The molecule has 36 heavy (non-hydrogen) atoms. The summed E-state index contributed by atoms with van der Waals surface area (Å²) in [5, 5.41) is 15.4. The molecule has 0 aliphatic rings. The number of ether oxygens (including phenoxy) is 1. The molecule has 2 aromatic carbocycles. The lowest BCUT2D eigenvalue weighted by molar-refractivity contribution is -0.122. The monoisotopic (exact) mass is 493 g/mol. The molecule has 0 saturated heterocycles. The van der Waals surface area contributed by atoms with E-state index in [2.05, 4.69) is 57.2 Å². The minimum absolute atomic E-state index is 0.112. The number of aromatic amines is 1. The van der Waals surface area contributed by atoms with Crippen molar-refractivity contribution in [1.82, 2.24) is 9.78 Å². The van der Waals surface area contributed by atoms with Crippen molar-refractivity contribution >= 4 is 17.9 Å². The van der Waals surface area contributed by atoms with E-state index in [1.807, 2.05) is 13.0 Å². The number of amides is 1. The Bertz CT molecular complexity index is 1290. The summed E-state index contributed by atoms with van der Waals surface area (Å²) in [4.78, 5) is 35.8. The number of carbonyl (C=O) groups excluding carboxylic acids is 2. The van der Waals surface area contributed by atoms with Crippen LogP contribution in [0.1, 0.15) is 81.8 Å². The van der Waals surface area contributed by atoms with Crippen molar-refractivity contribution in [2.45, 2.75) is 71.8 Å². The van der Waals surface area contributed by atoms with Crippen LogP contribution in [0.25, 0.3) is 5.69 Å². The number of nitrogens with zero attached hydrogens (tertiary/aromatic N) is 1. The molecule has 192 valence electrons. The van der Waals surface area contributed by atoms with Crippen molar-refractivity contribution in [2.24, 2.45) is 0 Å². The van der Waals surface area contributed by atoms with E-state index in [1.165, 1.54) is 5.56 Å². The maximum Gasteiger partial charge on any atom is 0.279 e. The van der Waals surface area contributed by atoms with E-state index in [9.17, 15) is 19.5 Å². The van der Waals surface area contributed by atoms with Gasteiger partial charge in [-0.1, -0.05) is 53.7 Å². The first-order valence-corrected chi connectivity index (χ1v) is 12.2. The molecule has 3 aromatic rings. The number of hydrogen-bond acceptors (Lipinski definition) is 5. The standard InChI is InChI=1S/C28H35N3O5/c1-7-23(36-24-14-9-18(17(3)4)15-22(24)28(5,6)8-2)26(34)29-19-10-12-20(13-11-19)31-27(35)21(16-32)25(33)30-31/h9-17,23,35H,7-8H2,1-6H3,(H,29,34)(H,30,33). The van der Waals surface area contributed by atoms with Gasteiger partial charge < -0.3 is 15.2 Å². The summed E-state index contributed by atoms with van der Waals surface area (Å²) in [6, 6.07) is 12.7. The maximum atomic E-state index is 13.1. The highest BCUT2D eigenvalue weighted by molar-refractivity contribution is 5.94. The Morgan fingerprint density at radius 1 is 1.17 bits per heavy atom. The lowest BCUT2D eigenvalue weighted by Crippen LogP contribution is -2.33. The fraction of sp³-hybridized carbons (Fsp3) is 0.393. The second-order valence-corrected chi connectivity index (χ2v) is 9.83. The van der Waals surface area contributed by atoms with E-state index in [4.69, 9.17) is 4.74 Å². The van der Waals surface area contributed by atoms with Gasteiger partial charge >= 0.3 is 0 Å². The number of anilines is 1. The first-order chi connectivity index (χ1) is 17.0. The van der Waals surface area contributed by atoms with E-state index in [-0.39, 0.29) is 16.9 Å². The number of hydrogen-bond donors (Lipinski definition) is 3. The van der Waals surface area contributed by atoms with Gasteiger partial charge in [0.25, 0.3) is 11.5 Å². The summed E-state index contributed by atoms with van der Waals surface area (Å²) in [6.07, 6.45) is 1.01. The summed E-state index contributed by atoms with van der Waals surface area (Å²) in [7, 11) is 0. The van der Waals surface area contributed by atoms with Gasteiger partial charge in [-0.25, -0.2) is 4.68 Å². The van der Waals surface area contributed by atoms with Crippen molar-refractivity contribution < 1.29 is 19.4 Å². The SMILES string of the molecule is CCC(Oc1ccc(C(C)C)cc1C(C)(C)CC)C(=O)Nc1ccc(-n2[nH]c(=O)c(C=O)c2O)cc1. The van der Waals surface area contributed by atoms with Crippen LogP contribution in [0.5, 0.6) is 11.6 Å². The molecule has 0 radical (unpaired) electrons. The maximum absolute atomic E-state index is 13.1. The molecule has 0 fully saturated rings. The number of rotatable bonds is 10. The molecule has 0 bridgehead atoms. The third-order valence-corrected chi connectivity index (χ3v) is 6.64. The Morgan fingerprint density at radius 2 is 1.83 bits per heavy atom. The first kappa shape index (κ1) is 26.8. The normalized spacial score (nSPS) is 12.4. The van der Waals surface area contributed by atoms with Crippen LogP contribution < -0.4 is 15.6 Å². The average Bonchev–Trinajstić information content (AvgIpc) is 3.15. The van der Waals surface area contributed by atoms with Gasteiger partial charge in [-0.05, 0) is 60.1 Å². The number of H-pyrrole nitrogens is 1. The van der Waals surface area contributed by atoms with Gasteiger partial charge in [0.15, 0.2) is 12.4 Å². The third-order valence-electron chi connectivity index (χ3n) is 6.64. The van der Waals surface area contributed by atoms with Gasteiger partial charge in [0.2, 0.25) is 5.88 Å². The Hall–Kier alpha value is -3.81. The molecule has 3 N–H and O–H groups in total. The molecule has 0 saturated carbocycles. The zero-order chi connectivity index (χ0) is 26.6. The van der Waals surface area contributed by atoms with Gasteiger partial charge in [-0.3, -0.25) is 19.5 Å². The molecular weight excluding hydrogens is 458 g/mol. The molecule has 0 aliphatic heterocycles. The number of aldehydes is 1. The Balaban J connectivity index is 1.80. The van der Waals surface area contributed by atoms with E-state index in [0.29, 0.717) is 35.7 Å². The zero-order valence-electron chi connectivity index (χ0n) is 21.7. The van der Waals surface area contributed by atoms with Crippen LogP contribution >= 0.6 is 0 Å². The molecule has 1 atom stereocenters. The fourth-order valence-corrected chi connectivity index (χ4v) is 3.85. The average molecular weight is 494 g/mol. The van der Waals surface area contributed by atoms with Gasteiger partial charge in [0.1, 0.15) is 11.3 Å². The molecule has 1 unspecified atom stereocenters. The molecule has 0 aliphatic carbocycles. The van der Waals surface area contributed by atoms with E-state index >= 15 is 0 Å². The van der Waals surface area contributed by atoms with E-state index in [1.54, 1.807) is 24.3 Å². The Morgan fingerprint density at radius 3 is 2.36 bits per heavy atom. The molecule has 8 heteroatoms. The molecular formula is C28H35N3O5. The fourth-order valence-electron chi connectivity index (χ4n) is 3.85. The van der Waals surface area contributed by atoms with Crippen LogP contribution in [0.15, 0.2) is 47.3 Å². The molecule has 0 spiro atoms. The minimum Gasteiger partial charge on any atom is -0.493 e. The second-order valence-electron chi connectivity index (χ2n) is 9.83. The van der Waals surface area contributed by atoms with Gasteiger partial charge in [-0.15, -0.1) is 0 Å².